The molecular weight excluding hydrogens is 340 g/mol. The lowest BCUT2D eigenvalue weighted by Crippen LogP contribution is -2.60. The van der Waals surface area contributed by atoms with Crippen molar-refractivity contribution in [3.63, 3.8) is 0 Å². The number of para-hydroxylation sites is 1. The van der Waals surface area contributed by atoms with Crippen LogP contribution in [0, 0.1) is 0 Å². The summed E-state index contributed by atoms with van der Waals surface area (Å²) < 4.78 is 7.69. The maximum absolute atomic E-state index is 13.0. The number of nitrogens with zero attached hydrogens (tertiary/aromatic N) is 3. The van der Waals surface area contributed by atoms with Gasteiger partial charge in [-0.25, -0.2) is 0 Å². The van der Waals surface area contributed by atoms with Crippen molar-refractivity contribution in [2.75, 3.05) is 19.8 Å². The number of ether oxygens (including phenoxy) is 1. The number of nitrogens with one attached hydrogen (secondary N) is 1. The molecule has 3 heterocycles. The highest BCUT2D eigenvalue weighted by atomic mass is 16.5. The molecule has 2 saturated heterocycles. The molecule has 2 aliphatic heterocycles. The molecule has 0 unspecified atom stereocenters. The molecule has 2 fully saturated rings. The van der Waals surface area contributed by atoms with Crippen LogP contribution in [0.1, 0.15) is 50.0 Å². The quantitative estimate of drug-likeness (QED) is 0.849. The zero-order valence-corrected chi connectivity index (χ0v) is 16.4. The van der Waals surface area contributed by atoms with Crippen molar-refractivity contribution in [3.05, 3.63) is 30.0 Å². The lowest BCUT2D eigenvalue weighted by Gasteiger charge is -2.48. The van der Waals surface area contributed by atoms with Crippen LogP contribution in [0.25, 0.3) is 10.9 Å². The average Bonchev–Trinajstić information content (AvgIpc) is 3.05. The van der Waals surface area contributed by atoms with Gasteiger partial charge in [0.05, 0.1) is 18.7 Å². The Morgan fingerprint density at radius 2 is 1.96 bits per heavy atom. The number of rotatable bonds is 6. The standard InChI is InChI=1S/C21H30N4O2/c1-3-5-10-24-16-11-15(12-17(24)14-27-13-16)22-21(26)20-18-8-6-7-9-19(18)25(4-2)23-20/h6-9,15-17H,3-5,10-14H2,1-2H3,(H,22,26)/t15-,16-,17+. The Balaban J connectivity index is 1.48. The smallest absolute Gasteiger partial charge is 0.272 e. The van der Waals surface area contributed by atoms with Crippen LogP contribution < -0.4 is 5.32 Å². The molecule has 1 aromatic heterocycles. The summed E-state index contributed by atoms with van der Waals surface area (Å²) in [6, 6.07) is 8.99. The number of carbonyl (C=O) groups is 1. The summed E-state index contributed by atoms with van der Waals surface area (Å²) in [6.07, 6.45) is 4.35. The molecule has 0 spiro atoms. The number of fused-ring (bicyclic) bond motifs is 3. The predicted molar refractivity (Wildman–Crippen MR) is 106 cm³/mol. The van der Waals surface area contributed by atoms with Gasteiger partial charge in [0.15, 0.2) is 5.69 Å². The predicted octanol–water partition coefficient (Wildman–Crippen LogP) is 2.82. The lowest BCUT2D eigenvalue weighted by molar-refractivity contribution is -0.0802. The van der Waals surface area contributed by atoms with Gasteiger partial charge in [-0.15, -0.1) is 0 Å². The van der Waals surface area contributed by atoms with Crippen molar-refractivity contribution >= 4 is 16.8 Å². The Bertz CT molecular complexity index is 789. The first-order valence-electron chi connectivity index (χ1n) is 10.3. The number of hydrogen-bond donors (Lipinski definition) is 1. The largest absolute Gasteiger partial charge is 0.378 e. The molecule has 3 atom stereocenters. The van der Waals surface area contributed by atoms with E-state index in [9.17, 15) is 4.79 Å². The highest BCUT2D eigenvalue weighted by Gasteiger charge is 2.39. The molecule has 0 radical (unpaired) electrons. The van der Waals surface area contributed by atoms with Gasteiger partial charge in [-0.05, 0) is 38.8 Å². The Morgan fingerprint density at radius 3 is 2.67 bits per heavy atom. The molecule has 6 heteroatoms. The summed E-state index contributed by atoms with van der Waals surface area (Å²) in [5.74, 6) is -0.0515. The van der Waals surface area contributed by atoms with Crippen LogP contribution in [-0.2, 0) is 11.3 Å². The molecule has 1 amide bonds. The van der Waals surface area contributed by atoms with Crippen molar-refractivity contribution in [2.45, 2.75) is 64.2 Å². The van der Waals surface area contributed by atoms with E-state index in [1.54, 1.807) is 0 Å². The second-order valence-electron chi connectivity index (χ2n) is 7.76. The number of amides is 1. The van der Waals surface area contributed by atoms with Crippen molar-refractivity contribution in [2.24, 2.45) is 0 Å². The number of piperidine rings is 1. The monoisotopic (exact) mass is 370 g/mol. The average molecular weight is 370 g/mol. The first kappa shape index (κ1) is 18.4. The normalized spacial score (nSPS) is 25.6. The van der Waals surface area contributed by atoms with Crippen molar-refractivity contribution in [1.29, 1.82) is 0 Å². The van der Waals surface area contributed by atoms with Crippen LogP contribution in [0.4, 0.5) is 0 Å². The molecule has 0 saturated carbocycles. The van der Waals surface area contributed by atoms with Gasteiger partial charge < -0.3 is 10.1 Å². The maximum Gasteiger partial charge on any atom is 0.272 e. The van der Waals surface area contributed by atoms with Gasteiger partial charge in [0.1, 0.15) is 0 Å². The Kier molecular flexibility index (Phi) is 5.45. The topological polar surface area (TPSA) is 59.4 Å². The van der Waals surface area contributed by atoms with Crippen LogP contribution >= 0.6 is 0 Å². The Hall–Kier alpha value is -1.92. The number of benzene rings is 1. The fourth-order valence-electron chi connectivity index (χ4n) is 4.60. The van der Waals surface area contributed by atoms with Gasteiger partial charge >= 0.3 is 0 Å². The lowest BCUT2D eigenvalue weighted by atomic mass is 9.89. The third-order valence-electron chi connectivity index (χ3n) is 5.95. The minimum absolute atomic E-state index is 0.0515. The van der Waals surface area contributed by atoms with Crippen LogP contribution in [0.2, 0.25) is 0 Å². The Labute approximate surface area is 160 Å². The number of carbonyl (C=O) groups excluding carboxylic acids is 1. The maximum atomic E-state index is 13.0. The third-order valence-corrected chi connectivity index (χ3v) is 5.95. The minimum atomic E-state index is -0.0515. The molecule has 27 heavy (non-hydrogen) atoms. The van der Waals surface area contributed by atoms with Crippen molar-refractivity contribution in [1.82, 2.24) is 20.0 Å². The van der Waals surface area contributed by atoms with E-state index in [2.05, 4.69) is 22.2 Å². The van der Waals surface area contributed by atoms with Gasteiger partial charge in [-0.1, -0.05) is 31.5 Å². The molecule has 1 N–H and O–H groups in total. The fraction of sp³-hybridized carbons (Fsp3) is 0.619. The highest BCUT2D eigenvalue weighted by Crippen LogP contribution is 2.28. The van der Waals surface area contributed by atoms with E-state index in [0.29, 0.717) is 17.8 Å². The van der Waals surface area contributed by atoms with Gasteiger partial charge in [0, 0.05) is 30.1 Å². The van der Waals surface area contributed by atoms with Crippen LogP contribution in [0.3, 0.4) is 0 Å². The van der Waals surface area contributed by atoms with Gasteiger partial charge in [-0.2, -0.15) is 5.10 Å². The summed E-state index contributed by atoms with van der Waals surface area (Å²) in [4.78, 5) is 15.6. The van der Waals surface area contributed by atoms with E-state index < -0.39 is 0 Å². The van der Waals surface area contributed by atoms with Crippen molar-refractivity contribution < 1.29 is 9.53 Å². The summed E-state index contributed by atoms with van der Waals surface area (Å²) in [6.45, 7) is 7.74. The first-order valence-corrected chi connectivity index (χ1v) is 10.3. The zero-order chi connectivity index (χ0) is 18.8. The van der Waals surface area contributed by atoms with E-state index in [1.807, 2.05) is 35.9 Å². The fourth-order valence-corrected chi connectivity index (χ4v) is 4.60. The number of hydrogen-bond acceptors (Lipinski definition) is 4. The SMILES string of the molecule is CCCCN1[C@@H]2COC[C@H]1C[C@@H](NC(=O)c1nn(CC)c3ccccc13)C2. The van der Waals surface area contributed by atoms with Gasteiger partial charge in [0.2, 0.25) is 0 Å². The van der Waals surface area contributed by atoms with Crippen LogP contribution in [0.15, 0.2) is 24.3 Å². The number of morpholine rings is 1. The molecule has 146 valence electrons. The van der Waals surface area contributed by atoms with E-state index in [1.165, 1.54) is 12.8 Å². The molecule has 1 aromatic carbocycles. The number of aryl methyl sites for hydroxylation is 1. The second-order valence-corrected chi connectivity index (χ2v) is 7.76. The summed E-state index contributed by atoms with van der Waals surface area (Å²) in [5, 5.41) is 8.77. The summed E-state index contributed by atoms with van der Waals surface area (Å²) in [5.41, 5.74) is 1.56. The van der Waals surface area contributed by atoms with Gasteiger partial charge in [-0.3, -0.25) is 14.4 Å². The molecule has 4 rings (SSSR count). The van der Waals surface area contributed by atoms with Crippen molar-refractivity contribution in [3.8, 4) is 0 Å². The summed E-state index contributed by atoms with van der Waals surface area (Å²) in [7, 11) is 0. The third kappa shape index (κ3) is 3.60. The first-order chi connectivity index (χ1) is 13.2. The molecule has 6 nitrogen and oxygen atoms in total. The zero-order valence-electron chi connectivity index (χ0n) is 16.4. The van der Waals surface area contributed by atoms with E-state index >= 15 is 0 Å². The van der Waals surface area contributed by atoms with Crippen LogP contribution in [-0.4, -0.2) is 58.5 Å². The van der Waals surface area contributed by atoms with E-state index in [4.69, 9.17) is 4.74 Å². The number of unbranched alkanes of at least 4 members (excludes halogenated alkanes) is 1. The van der Waals surface area contributed by atoms with Gasteiger partial charge in [0.25, 0.3) is 5.91 Å². The molecular formula is C21H30N4O2. The molecule has 2 aromatic rings. The molecule has 0 aliphatic carbocycles. The molecule has 2 aliphatic rings. The minimum Gasteiger partial charge on any atom is -0.378 e. The molecule has 2 bridgehead atoms. The highest BCUT2D eigenvalue weighted by molar-refractivity contribution is 6.04. The van der Waals surface area contributed by atoms with E-state index in [-0.39, 0.29) is 11.9 Å². The Morgan fingerprint density at radius 1 is 1.22 bits per heavy atom. The number of aromatic nitrogens is 2. The van der Waals surface area contributed by atoms with E-state index in [0.717, 1.165) is 50.0 Å². The summed E-state index contributed by atoms with van der Waals surface area (Å²) >= 11 is 0. The second kappa shape index (κ2) is 7.98. The van der Waals surface area contributed by atoms with Crippen LogP contribution in [0.5, 0.6) is 0 Å².